The molecular formula is C51H32N2S2. The number of hydrogen-bond acceptors (Lipinski definition) is 3. The number of aromatic nitrogens is 1. The first-order valence-electron chi connectivity index (χ1n) is 18.8. The van der Waals surface area contributed by atoms with Crippen molar-refractivity contribution < 1.29 is 0 Å². The maximum Gasteiger partial charge on any atom is 0.103 e. The molecule has 0 bridgehead atoms. The summed E-state index contributed by atoms with van der Waals surface area (Å²) in [4.78, 5) is 1.31. The van der Waals surface area contributed by atoms with Crippen LogP contribution in [0.25, 0.3) is 91.5 Å². The highest BCUT2D eigenvalue weighted by Gasteiger charge is 2.30. The molecule has 0 saturated heterocycles. The molecule has 2 aromatic heterocycles. The van der Waals surface area contributed by atoms with Crippen LogP contribution >= 0.6 is 23.1 Å². The number of rotatable bonds is 4. The summed E-state index contributed by atoms with van der Waals surface area (Å²) in [6.07, 6.45) is 0. The largest absolute Gasteiger partial charge is 0.368 e. The molecule has 258 valence electrons. The fraction of sp³-hybridized carbons (Fsp3) is 0.0196. The minimum absolute atomic E-state index is 0.0539. The van der Waals surface area contributed by atoms with Gasteiger partial charge in [0.05, 0.1) is 16.7 Å². The zero-order valence-corrected chi connectivity index (χ0v) is 31.3. The van der Waals surface area contributed by atoms with Gasteiger partial charge in [-0.2, -0.15) is 0 Å². The van der Waals surface area contributed by atoms with Crippen LogP contribution in [0.5, 0.6) is 0 Å². The quantitative estimate of drug-likeness (QED) is 0.194. The third-order valence-corrected chi connectivity index (χ3v) is 13.8. The lowest BCUT2D eigenvalue weighted by molar-refractivity contribution is 1.13. The van der Waals surface area contributed by atoms with Gasteiger partial charge in [-0.25, -0.2) is 0 Å². The van der Waals surface area contributed by atoms with Gasteiger partial charge in [0.15, 0.2) is 0 Å². The Balaban J connectivity index is 1.01. The average molecular weight is 737 g/mol. The van der Waals surface area contributed by atoms with E-state index >= 15 is 0 Å². The first-order chi connectivity index (χ1) is 27.2. The molecule has 1 N–H and O–H groups in total. The molecule has 2 nitrogen and oxygen atoms in total. The molecule has 9 aromatic carbocycles. The minimum Gasteiger partial charge on any atom is -0.368 e. The molecule has 0 radical (unpaired) electrons. The van der Waals surface area contributed by atoms with Gasteiger partial charge >= 0.3 is 0 Å². The van der Waals surface area contributed by atoms with Gasteiger partial charge in [0.25, 0.3) is 0 Å². The van der Waals surface area contributed by atoms with Gasteiger partial charge in [0.1, 0.15) is 5.37 Å². The molecule has 1 atom stereocenters. The van der Waals surface area contributed by atoms with E-state index in [-0.39, 0.29) is 5.37 Å². The van der Waals surface area contributed by atoms with E-state index < -0.39 is 0 Å². The molecule has 0 amide bonds. The molecular weight excluding hydrogens is 705 g/mol. The van der Waals surface area contributed by atoms with E-state index in [4.69, 9.17) is 0 Å². The lowest BCUT2D eigenvalue weighted by Crippen LogP contribution is -2.02. The van der Waals surface area contributed by atoms with Gasteiger partial charge in [-0.15, -0.1) is 11.3 Å². The summed E-state index contributed by atoms with van der Waals surface area (Å²) < 4.78 is 5.08. The number of para-hydroxylation sites is 1. The predicted molar refractivity (Wildman–Crippen MR) is 238 cm³/mol. The van der Waals surface area contributed by atoms with E-state index in [1.54, 1.807) is 0 Å². The van der Waals surface area contributed by atoms with Crippen LogP contribution in [0.1, 0.15) is 10.9 Å². The Kier molecular flexibility index (Phi) is 6.83. The first-order valence-corrected chi connectivity index (χ1v) is 20.5. The van der Waals surface area contributed by atoms with Crippen LogP contribution in [0.15, 0.2) is 187 Å². The summed E-state index contributed by atoms with van der Waals surface area (Å²) in [5.74, 6) is 0. The molecule has 0 saturated carbocycles. The van der Waals surface area contributed by atoms with Crippen LogP contribution < -0.4 is 5.32 Å². The maximum absolute atomic E-state index is 4.08. The van der Waals surface area contributed by atoms with Crippen LogP contribution in [-0.4, -0.2) is 4.57 Å². The Labute approximate surface area is 326 Å². The molecule has 0 spiro atoms. The standard InChI is InChI=1S/C51H32N2S2/c1-2-13-38(14-3-1)53-43-27-25-33-11-6-7-15-39(33)47(43)40-26-24-37(29-44(40)53)51-52-49-48-41-16-8-9-17-45(41)54-46(48)30-42(50(49)55-51)34-21-18-32(19-22-34)36-23-20-31-10-4-5-12-35(31)28-36/h1-30,51-52H. The first kappa shape index (κ1) is 31.1. The number of hydrogen-bond donors (Lipinski definition) is 1. The van der Waals surface area contributed by atoms with Crippen LogP contribution in [0.3, 0.4) is 0 Å². The van der Waals surface area contributed by atoms with Gasteiger partial charge in [0, 0.05) is 41.5 Å². The highest BCUT2D eigenvalue weighted by Crippen LogP contribution is 2.56. The van der Waals surface area contributed by atoms with E-state index in [1.165, 1.54) is 108 Å². The molecule has 12 rings (SSSR count). The average Bonchev–Trinajstić information content (AvgIpc) is 3.95. The van der Waals surface area contributed by atoms with Crippen molar-refractivity contribution in [1.82, 2.24) is 4.57 Å². The van der Waals surface area contributed by atoms with Gasteiger partial charge in [-0.3, -0.25) is 0 Å². The van der Waals surface area contributed by atoms with Crippen molar-refractivity contribution in [3.05, 3.63) is 188 Å². The number of thiophene rings is 1. The van der Waals surface area contributed by atoms with E-state index in [0.717, 1.165) is 0 Å². The molecule has 11 aromatic rings. The van der Waals surface area contributed by atoms with Crippen molar-refractivity contribution in [1.29, 1.82) is 0 Å². The number of anilines is 1. The van der Waals surface area contributed by atoms with Gasteiger partial charge < -0.3 is 9.88 Å². The zero-order chi connectivity index (χ0) is 36.0. The Morgan fingerprint density at radius 1 is 0.455 bits per heavy atom. The van der Waals surface area contributed by atoms with E-state index in [1.807, 2.05) is 23.1 Å². The molecule has 1 aliphatic heterocycles. The number of fused-ring (bicyclic) bond motifs is 11. The van der Waals surface area contributed by atoms with Gasteiger partial charge in [-0.05, 0) is 91.8 Å². The molecule has 1 aliphatic rings. The molecule has 0 fully saturated rings. The molecule has 3 heterocycles. The van der Waals surface area contributed by atoms with Crippen LogP contribution in [-0.2, 0) is 0 Å². The molecule has 0 aliphatic carbocycles. The van der Waals surface area contributed by atoms with Crippen molar-refractivity contribution in [2.45, 2.75) is 10.3 Å². The Bertz CT molecular complexity index is 3320. The van der Waals surface area contributed by atoms with Gasteiger partial charge in [-0.1, -0.05) is 151 Å². The van der Waals surface area contributed by atoms with E-state index in [2.05, 4.69) is 192 Å². The summed E-state index contributed by atoms with van der Waals surface area (Å²) in [6, 6.07) is 67.0. The third kappa shape index (κ3) is 4.82. The summed E-state index contributed by atoms with van der Waals surface area (Å²) in [7, 11) is 0. The summed E-state index contributed by atoms with van der Waals surface area (Å²) in [5.41, 5.74) is 11.1. The lowest BCUT2D eigenvalue weighted by atomic mass is 9.97. The Hall–Kier alpha value is -6.33. The molecule has 1 unspecified atom stereocenters. The van der Waals surface area contributed by atoms with E-state index in [0.29, 0.717) is 0 Å². The van der Waals surface area contributed by atoms with Crippen molar-refractivity contribution >= 4 is 92.3 Å². The Morgan fingerprint density at radius 2 is 1.16 bits per heavy atom. The molecule has 4 heteroatoms. The van der Waals surface area contributed by atoms with Crippen LogP contribution in [0, 0.1) is 0 Å². The second kappa shape index (κ2) is 12.1. The topological polar surface area (TPSA) is 17.0 Å². The second-order valence-electron chi connectivity index (χ2n) is 14.5. The highest BCUT2D eigenvalue weighted by molar-refractivity contribution is 8.00. The fourth-order valence-corrected chi connectivity index (χ4v) is 11.2. The SMILES string of the molecule is c1ccc(-n2c3cc(C4Nc5c(c(-c6ccc(-c7ccc8ccccc8c7)cc6)cc6sc7ccccc7c56)S4)ccc3c3c4ccccc4ccc32)cc1. The highest BCUT2D eigenvalue weighted by atomic mass is 32.2. The summed E-state index contributed by atoms with van der Waals surface area (Å²) in [5, 5.41) is 14.4. The summed E-state index contributed by atoms with van der Waals surface area (Å²) in [6.45, 7) is 0. The third-order valence-electron chi connectivity index (χ3n) is 11.4. The second-order valence-corrected chi connectivity index (χ2v) is 16.7. The number of thioether (sulfide) groups is 1. The zero-order valence-electron chi connectivity index (χ0n) is 29.7. The predicted octanol–water partition coefficient (Wildman–Crippen LogP) is 15.0. The van der Waals surface area contributed by atoms with Crippen molar-refractivity contribution in [3.8, 4) is 27.9 Å². The Morgan fingerprint density at radius 3 is 2.04 bits per heavy atom. The van der Waals surface area contributed by atoms with Crippen molar-refractivity contribution in [3.63, 3.8) is 0 Å². The fourth-order valence-electron chi connectivity index (χ4n) is 8.81. The van der Waals surface area contributed by atoms with Crippen LogP contribution in [0.2, 0.25) is 0 Å². The monoisotopic (exact) mass is 736 g/mol. The number of nitrogens with zero attached hydrogens (tertiary/aromatic N) is 1. The van der Waals surface area contributed by atoms with Crippen molar-refractivity contribution in [2.75, 3.05) is 5.32 Å². The maximum atomic E-state index is 4.08. The molecule has 55 heavy (non-hydrogen) atoms. The number of nitrogens with one attached hydrogen (secondary N) is 1. The smallest absolute Gasteiger partial charge is 0.103 e. The normalized spacial score (nSPS) is 14.1. The van der Waals surface area contributed by atoms with E-state index in [9.17, 15) is 0 Å². The van der Waals surface area contributed by atoms with Crippen molar-refractivity contribution in [2.24, 2.45) is 0 Å². The summed E-state index contributed by atoms with van der Waals surface area (Å²) >= 11 is 3.83. The van der Waals surface area contributed by atoms with Crippen LogP contribution in [0.4, 0.5) is 5.69 Å². The minimum atomic E-state index is 0.0539. The lowest BCUT2D eigenvalue weighted by Gasteiger charge is -2.13. The number of benzene rings is 9. The van der Waals surface area contributed by atoms with Gasteiger partial charge in [0.2, 0.25) is 0 Å².